The average Bonchev–Trinajstić information content (AvgIpc) is 2.33. The van der Waals surface area contributed by atoms with E-state index in [1.165, 1.54) is 25.3 Å². The Balaban J connectivity index is 2.94. The molecule has 0 amide bonds. The Morgan fingerprint density at radius 3 is 2.72 bits per heavy atom. The summed E-state index contributed by atoms with van der Waals surface area (Å²) in [7, 11) is 3.00. The second-order valence-corrected chi connectivity index (χ2v) is 6.06. The molecule has 0 N–H and O–H groups in total. The first-order chi connectivity index (χ1) is 8.49. The zero-order valence-electron chi connectivity index (χ0n) is 10.1. The van der Waals surface area contributed by atoms with E-state index in [0.29, 0.717) is 12.4 Å². The van der Waals surface area contributed by atoms with Gasteiger partial charge in [-0.15, -0.1) is 6.58 Å². The summed E-state index contributed by atoms with van der Waals surface area (Å²) >= 11 is 0. The number of hydrogen-bond acceptors (Lipinski definition) is 4. The fraction of sp³-hybridized carbons (Fsp3) is 0.333. The lowest BCUT2D eigenvalue weighted by Gasteiger charge is -2.10. The number of hydrogen-bond donors (Lipinski definition) is 0. The number of unbranched alkanes of at least 4 members (excludes halogenated alkanes) is 1. The Morgan fingerprint density at radius 1 is 1.44 bits per heavy atom. The predicted octanol–water partition coefficient (Wildman–Crippen LogP) is 2.97. The molecule has 0 heterocycles. The lowest BCUT2D eigenvalue weighted by molar-refractivity contribution is 0.302. The van der Waals surface area contributed by atoms with Crippen molar-refractivity contribution >= 4 is 19.7 Å². The van der Waals surface area contributed by atoms with Crippen molar-refractivity contribution in [1.29, 1.82) is 0 Å². The summed E-state index contributed by atoms with van der Waals surface area (Å²) in [5, 5.41) is 0. The summed E-state index contributed by atoms with van der Waals surface area (Å²) in [5.74, 6) is 0.714. The summed E-state index contributed by atoms with van der Waals surface area (Å²) in [6, 6.07) is 4.39. The van der Waals surface area contributed by atoms with E-state index in [-0.39, 0.29) is 10.6 Å². The summed E-state index contributed by atoms with van der Waals surface area (Å²) in [6.07, 6.45) is 3.32. The van der Waals surface area contributed by atoms with E-state index < -0.39 is 9.05 Å². The van der Waals surface area contributed by atoms with Crippen molar-refractivity contribution in [3.05, 3.63) is 30.9 Å². The third-order valence-electron chi connectivity index (χ3n) is 2.22. The van der Waals surface area contributed by atoms with Crippen molar-refractivity contribution in [3.63, 3.8) is 0 Å². The standard InChI is InChI=1S/C12H15ClO4S/c1-3-4-5-8-17-11-9-10(16-2)6-7-12(11)18(13,14)15/h3,6-7,9H,1,4-5,8H2,2H3. The van der Waals surface area contributed by atoms with Crippen LogP contribution in [0.15, 0.2) is 35.7 Å². The predicted molar refractivity (Wildman–Crippen MR) is 71.0 cm³/mol. The average molecular weight is 291 g/mol. The van der Waals surface area contributed by atoms with E-state index in [0.717, 1.165) is 12.8 Å². The Kier molecular flexibility index (Phi) is 5.50. The van der Waals surface area contributed by atoms with E-state index in [2.05, 4.69) is 6.58 Å². The molecule has 0 bridgehead atoms. The van der Waals surface area contributed by atoms with Gasteiger partial charge in [0, 0.05) is 16.7 Å². The highest BCUT2D eigenvalue weighted by atomic mass is 35.7. The zero-order valence-corrected chi connectivity index (χ0v) is 11.6. The van der Waals surface area contributed by atoms with Crippen molar-refractivity contribution in [1.82, 2.24) is 0 Å². The Morgan fingerprint density at radius 2 is 2.17 bits per heavy atom. The summed E-state index contributed by atoms with van der Waals surface area (Å²) in [6.45, 7) is 3.98. The van der Waals surface area contributed by atoms with E-state index in [9.17, 15) is 8.42 Å². The van der Waals surface area contributed by atoms with E-state index in [4.69, 9.17) is 20.2 Å². The van der Waals surface area contributed by atoms with Crippen LogP contribution in [0.5, 0.6) is 11.5 Å². The molecule has 0 aromatic heterocycles. The Hall–Kier alpha value is -1.20. The summed E-state index contributed by atoms with van der Waals surface area (Å²) < 4.78 is 33.2. The molecule has 1 aromatic rings. The van der Waals surface area contributed by atoms with Gasteiger partial charge in [0.1, 0.15) is 16.4 Å². The largest absolute Gasteiger partial charge is 0.497 e. The highest BCUT2D eigenvalue weighted by Gasteiger charge is 2.17. The minimum Gasteiger partial charge on any atom is -0.497 e. The highest BCUT2D eigenvalue weighted by Crippen LogP contribution is 2.31. The minimum absolute atomic E-state index is 0.0523. The van der Waals surface area contributed by atoms with Crippen molar-refractivity contribution in [3.8, 4) is 11.5 Å². The number of rotatable bonds is 7. The minimum atomic E-state index is -3.83. The fourth-order valence-corrected chi connectivity index (χ4v) is 2.31. The van der Waals surface area contributed by atoms with Crippen molar-refractivity contribution in [2.45, 2.75) is 17.7 Å². The smallest absolute Gasteiger partial charge is 0.264 e. The molecule has 1 rings (SSSR count). The molecule has 0 saturated carbocycles. The zero-order chi connectivity index (χ0) is 13.6. The van der Waals surface area contributed by atoms with Crippen LogP contribution in [0, 0.1) is 0 Å². The van der Waals surface area contributed by atoms with Gasteiger partial charge in [0.15, 0.2) is 0 Å². The third kappa shape index (κ3) is 4.23. The second kappa shape index (κ2) is 6.66. The number of benzene rings is 1. The van der Waals surface area contributed by atoms with Gasteiger partial charge in [-0.05, 0) is 25.0 Å². The van der Waals surface area contributed by atoms with Gasteiger partial charge in [-0.2, -0.15) is 0 Å². The molecule has 0 unspecified atom stereocenters. The van der Waals surface area contributed by atoms with Gasteiger partial charge in [0.05, 0.1) is 13.7 Å². The van der Waals surface area contributed by atoms with E-state index in [1.54, 1.807) is 6.08 Å². The summed E-state index contributed by atoms with van der Waals surface area (Å²) in [5.41, 5.74) is 0. The maximum absolute atomic E-state index is 11.4. The quantitative estimate of drug-likeness (QED) is 0.440. The summed E-state index contributed by atoms with van der Waals surface area (Å²) in [4.78, 5) is -0.0523. The monoisotopic (exact) mass is 290 g/mol. The molecule has 0 atom stereocenters. The van der Waals surface area contributed by atoms with Gasteiger partial charge < -0.3 is 9.47 Å². The van der Waals surface area contributed by atoms with E-state index >= 15 is 0 Å². The van der Waals surface area contributed by atoms with Crippen LogP contribution in [0.3, 0.4) is 0 Å². The van der Waals surface area contributed by atoms with Crippen LogP contribution in [0.1, 0.15) is 12.8 Å². The highest BCUT2D eigenvalue weighted by molar-refractivity contribution is 8.13. The topological polar surface area (TPSA) is 52.6 Å². The van der Waals surface area contributed by atoms with Crippen LogP contribution in [-0.4, -0.2) is 22.1 Å². The maximum atomic E-state index is 11.4. The second-order valence-electron chi connectivity index (χ2n) is 3.53. The SMILES string of the molecule is C=CCCCOc1cc(OC)ccc1S(=O)(=O)Cl. The molecule has 100 valence electrons. The Labute approximate surface area is 112 Å². The first-order valence-corrected chi connectivity index (χ1v) is 7.66. The molecule has 0 aliphatic rings. The molecular weight excluding hydrogens is 276 g/mol. The molecule has 0 saturated heterocycles. The first kappa shape index (κ1) is 14.9. The molecule has 4 nitrogen and oxygen atoms in total. The van der Waals surface area contributed by atoms with Crippen molar-refractivity contribution < 1.29 is 17.9 Å². The Bertz CT molecular complexity index is 511. The molecule has 1 aromatic carbocycles. The van der Waals surface area contributed by atoms with Gasteiger partial charge in [0.25, 0.3) is 9.05 Å². The lowest BCUT2D eigenvalue weighted by atomic mass is 10.3. The normalized spacial score (nSPS) is 11.0. The van der Waals surface area contributed by atoms with Gasteiger partial charge in [0.2, 0.25) is 0 Å². The number of allylic oxidation sites excluding steroid dienone is 1. The van der Waals surface area contributed by atoms with Gasteiger partial charge >= 0.3 is 0 Å². The molecular formula is C12H15ClO4S. The number of methoxy groups -OCH3 is 1. The van der Waals surface area contributed by atoms with Crippen LogP contribution in [0.4, 0.5) is 0 Å². The molecule has 0 radical (unpaired) electrons. The lowest BCUT2D eigenvalue weighted by Crippen LogP contribution is -2.02. The van der Waals surface area contributed by atoms with Crippen LogP contribution < -0.4 is 9.47 Å². The van der Waals surface area contributed by atoms with Crippen LogP contribution in [0.2, 0.25) is 0 Å². The van der Waals surface area contributed by atoms with Crippen LogP contribution >= 0.6 is 10.7 Å². The molecule has 6 heteroatoms. The number of ether oxygens (including phenoxy) is 2. The molecule has 0 spiro atoms. The number of halogens is 1. The van der Waals surface area contributed by atoms with Crippen molar-refractivity contribution in [2.24, 2.45) is 0 Å². The third-order valence-corrected chi connectivity index (χ3v) is 3.59. The van der Waals surface area contributed by atoms with Crippen molar-refractivity contribution in [2.75, 3.05) is 13.7 Å². The first-order valence-electron chi connectivity index (χ1n) is 5.35. The molecule has 0 aliphatic heterocycles. The van der Waals surface area contributed by atoms with Crippen LogP contribution in [0.25, 0.3) is 0 Å². The molecule has 0 fully saturated rings. The maximum Gasteiger partial charge on any atom is 0.264 e. The van der Waals surface area contributed by atoms with Crippen LogP contribution in [-0.2, 0) is 9.05 Å². The van der Waals surface area contributed by atoms with Gasteiger partial charge in [-0.3, -0.25) is 0 Å². The molecule has 18 heavy (non-hydrogen) atoms. The fourth-order valence-electron chi connectivity index (χ4n) is 1.34. The molecule has 0 aliphatic carbocycles. The van der Waals surface area contributed by atoms with Gasteiger partial charge in [-0.1, -0.05) is 6.08 Å². The van der Waals surface area contributed by atoms with E-state index in [1.807, 2.05) is 0 Å². The van der Waals surface area contributed by atoms with Gasteiger partial charge in [-0.25, -0.2) is 8.42 Å².